The van der Waals surface area contributed by atoms with Gasteiger partial charge in [0.15, 0.2) is 0 Å². The van der Waals surface area contributed by atoms with Gasteiger partial charge < -0.3 is 4.74 Å². The lowest BCUT2D eigenvalue weighted by atomic mass is 10.1. The summed E-state index contributed by atoms with van der Waals surface area (Å²) in [5.74, 6) is -0.935. The Morgan fingerprint density at radius 3 is 2.82 bits per heavy atom. The molecule has 0 aliphatic heterocycles. The number of nitrogens with one attached hydrogen (secondary N) is 1. The lowest BCUT2D eigenvalue weighted by Crippen LogP contribution is -2.25. The smallest absolute Gasteiger partial charge is 0.262 e. The van der Waals surface area contributed by atoms with Crippen LogP contribution >= 0.6 is 0 Å². The van der Waals surface area contributed by atoms with Gasteiger partial charge in [-0.1, -0.05) is 12.1 Å². The lowest BCUT2D eigenvalue weighted by Gasteiger charge is -2.13. The summed E-state index contributed by atoms with van der Waals surface area (Å²) in [4.78, 5) is 17.3. The number of hydrogen-bond donors (Lipinski definition) is 1. The minimum absolute atomic E-state index is 0.0292. The van der Waals surface area contributed by atoms with E-state index in [1.54, 1.807) is 38.3 Å². The van der Waals surface area contributed by atoms with Crippen molar-refractivity contribution in [2.45, 2.75) is 19.9 Å². The van der Waals surface area contributed by atoms with Crippen LogP contribution in [-0.4, -0.2) is 29.0 Å². The molecule has 0 saturated carbocycles. The van der Waals surface area contributed by atoms with E-state index in [9.17, 15) is 13.6 Å². The Morgan fingerprint density at radius 1 is 1.25 bits per heavy atom. The van der Waals surface area contributed by atoms with Gasteiger partial charge >= 0.3 is 0 Å². The summed E-state index contributed by atoms with van der Waals surface area (Å²) in [5.41, 5.74) is 3.28. The first-order valence-corrected chi connectivity index (χ1v) is 8.75. The number of anilines is 1. The largest absolute Gasteiger partial charge is 0.385 e. The standard InChI is InChI=1S/C20H20F2N4O2/c1-13(16-12-14(21)8-9-17(16)22)24-25-20-23-18-7-4-3-6-15(18)19(27)26(20)10-5-11-28-2/h3-4,6-9,12H,5,10-11H2,1-2H3,(H,23,25)/b24-13-. The first-order chi connectivity index (χ1) is 13.5. The molecule has 1 aromatic heterocycles. The number of ether oxygens (including phenoxy) is 1. The molecule has 8 heteroatoms. The highest BCUT2D eigenvalue weighted by molar-refractivity contribution is 5.99. The number of fused-ring (bicyclic) bond motifs is 1. The van der Waals surface area contributed by atoms with E-state index in [2.05, 4.69) is 15.5 Å². The van der Waals surface area contributed by atoms with Gasteiger partial charge in [-0.2, -0.15) is 5.10 Å². The second kappa shape index (κ2) is 8.71. The second-order valence-electron chi connectivity index (χ2n) is 6.19. The maximum Gasteiger partial charge on any atom is 0.262 e. The molecule has 0 aliphatic carbocycles. The van der Waals surface area contributed by atoms with Gasteiger partial charge in [0.05, 0.1) is 16.6 Å². The number of hydrogen-bond acceptors (Lipinski definition) is 5. The van der Waals surface area contributed by atoms with Gasteiger partial charge in [0.1, 0.15) is 11.6 Å². The number of nitrogens with zero attached hydrogens (tertiary/aromatic N) is 3. The SMILES string of the molecule is COCCCn1c(N/N=C(/C)c2cc(F)ccc2F)nc2ccccc2c1=O. The van der Waals surface area contributed by atoms with Crippen molar-refractivity contribution >= 4 is 22.6 Å². The molecule has 0 aliphatic rings. The van der Waals surface area contributed by atoms with E-state index in [0.717, 1.165) is 18.2 Å². The summed E-state index contributed by atoms with van der Waals surface area (Å²) in [6, 6.07) is 10.1. The molecule has 1 heterocycles. The molecule has 0 amide bonds. The van der Waals surface area contributed by atoms with Crippen LogP contribution < -0.4 is 11.0 Å². The first-order valence-electron chi connectivity index (χ1n) is 8.75. The number of rotatable bonds is 7. The Hall–Kier alpha value is -3.13. The zero-order chi connectivity index (χ0) is 20.1. The minimum Gasteiger partial charge on any atom is -0.385 e. The Bertz CT molecular complexity index is 1080. The van der Waals surface area contributed by atoms with Crippen molar-refractivity contribution in [3.8, 4) is 0 Å². The molecule has 28 heavy (non-hydrogen) atoms. The Balaban J connectivity index is 1.99. The normalized spacial score (nSPS) is 11.8. The molecule has 0 fully saturated rings. The van der Waals surface area contributed by atoms with Gasteiger partial charge in [-0.15, -0.1) is 0 Å². The van der Waals surface area contributed by atoms with Crippen molar-refractivity contribution < 1.29 is 13.5 Å². The quantitative estimate of drug-likeness (QED) is 0.383. The second-order valence-corrected chi connectivity index (χ2v) is 6.19. The number of hydrazone groups is 1. The van der Waals surface area contributed by atoms with Crippen molar-refractivity contribution in [2.75, 3.05) is 19.1 Å². The van der Waals surface area contributed by atoms with Crippen LogP contribution in [0.15, 0.2) is 52.4 Å². The van der Waals surface area contributed by atoms with Crippen molar-refractivity contribution in [2.24, 2.45) is 5.10 Å². The fourth-order valence-electron chi connectivity index (χ4n) is 2.80. The van der Waals surface area contributed by atoms with Gasteiger partial charge in [0.2, 0.25) is 5.95 Å². The van der Waals surface area contributed by atoms with E-state index in [-0.39, 0.29) is 22.8 Å². The van der Waals surface area contributed by atoms with Crippen LogP contribution in [0.2, 0.25) is 0 Å². The summed E-state index contributed by atoms with van der Waals surface area (Å²) in [6.45, 7) is 2.39. The average molecular weight is 386 g/mol. The maximum atomic E-state index is 13.9. The summed E-state index contributed by atoms with van der Waals surface area (Å²) in [7, 11) is 1.59. The number of methoxy groups -OCH3 is 1. The molecule has 0 unspecified atom stereocenters. The highest BCUT2D eigenvalue weighted by atomic mass is 19.1. The number of benzene rings is 2. The van der Waals surface area contributed by atoms with Crippen molar-refractivity contribution in [3.05, 3.63) is 70.0 Å². The average Bonchev–Trinajstić information content (AvgIpc) is 2.70. The first kappa shape index (κ1) is 19.6. The Kier molecular flexibility index (Phi) is 6.10. The number of aromatic nitrogens is 2. The summed E-state index contributed by atoms with van der Waals surface area (Å²) in [5, 5.41) is 4.60. The number of para-hydroxylation sites is 1. The molecule has 0 saturated heterocycles. The fourth-order valence-corrected chi connectivity index (χ4v) is 2.80. The highest BCUT2D eigenvalue weighted by Gasteiger charge is 2.12. The van der Waals surface area contributed by atoms with E-state index < -0.39 is 11.6 Å². The molecular formula is C20H20F2N4O2. The maximum absolute atomic E-state index is 13.9. The fraction of sp³-hybridized carbons (Fsp3) is 0.250. The molecular weight excluding hydrogens is 366 g/mol. The molecule has 146 valence electrons. The summed E-state index contributed by atoms with van der Waals surface area (Å²) >= 11 is 0. The molecule has 3 rings (SSSR count). The van der Waals surface area contributed by atoms with E-state index in [0.29, 0.717) is 30.5 Å². The molecule has 0 bridgehead atoms. The van der Waals surface area contributed by atoms with Crippen LogP contribution in [0.25, 0.3) is 10.9 Å². The van der Waals surface area contributed by atoms with Gasteiger partial charge in [0.25, 0.3) is 5.56 Å². The van der Waals surface area contributed by atoms with Crippen LogP contribution in [0.5, 0.6) is 0 Å². The van der Waals surface area contributed by atoms with Gasteiger partial charge in [0, 0.05) is 25.8 Å². The Morgan fingerprint density at radius 2 is 2.04 bits per heavy atom. The van der Waals surface area contributed by atoms with Crippen LogP contribution in [0, 0.1) is 11.6 Å². The van der Waals surface area contributed by atoms with Gasteiger partial charge in [-0.3, -0.25) is 9.36 Å². The molecule has 3 aromatic rings. The van der Waals surface area contributed by atoms with E-state index in [1.807, 2.05) is 0 Å². The third kappa shape index (κ3) is 4.23. The van der Waals surface area contributed by atoms with E-state index in [1.165, 1.54) is 4.57 Å². The summed E-state index contributed by atoms with van der Waals surface area (Å²) in [6.07, 6.45) is 0.603. The van der Waals surface area contributed by atoms with Crippen molar-refractivity contribution in [3.63, 3.8) is 0 Å². The van der Waals surface area contributed by atoms with Crippen molar-refractivity contribution in [1.29, 1.82) is 0 Å². The van der Waals surface area contributed by atoms with Gasteiger partial charge in [-0.25, -0.2) is 19.2 Å². The number of halogens is 2. The van der Waals surface area contributed by atoms with E-state index >= 15 is 0 Å². The predicted molar refractivity (Wildman–Crippen MR) is 105 cm³/mol. The third-order valence-corrected chi connectivity index (χ3v) is 4.23. The molecule has 6 nitrogen and oxygen atoms in total. The monoisotopic (exact) mass is 386 g/mol. The van der Waals surface area contributed by atoms with E-state index in [4.69, 9.17) is 4.74 Å². The zero-order valence-electron chi connectivity index (χ0n) is 15.6. The van der Waals surface area contributed by atoms with Crippen LogP contribution in [-0.2, 0) is 11.3 Å². The van der Waals surface area contributed by atoms with Crippen molar-refractivity contribution in [1.82, 2.24) is 9.55 Å². The topological polar surface area (TPSA) is 68.5 Å². The molecule has 0 radical (unpaired) electrons. The molecule has 0 spiro atoms. The predicted octanol–water partition coefficient (Wildman–Crippen LogP) is 3.55. The van der Waals surface area contributed by atoms with Gasteiger partial charge in [-0.05, 0) is 43.7 Å². The Labute approximate surface area is 160 Å². The minimum atomic E-state index is -0.589. The van der Waals surface area contributed by atoms with Crippen LogP contribution in [0.4, 0.5) is 14.7 Å². The third-order valence-electron chi connectivity index (χ3n) is 4.23. The van der Waals surface area contributed by atoms with Crippen LogP contribution in [0.1, 0.15) is 18.9 Å². The zero-order valence-corrected chi connectivity index (χ0v) is 15.6. The van der Waals surface area contributed by atoms with Crippen LogP contribution in [0.3, 0.4) is 0 Å². The summed E-state index contributed by atoms with van der Waals surface area (Å²) < 4.78 is 33.9. The molecule has 2 aromatic carbocycles. The molecule has 0 atom stereocenters. The lowest BCUT2D eigenvalue weighted by molar-refractivity contribution is 0.190. The molecule has 1 N–H and O–H groups in total. The highest BCUT2D eigenvalue weighted by Crippen LogP contribution is 2.14.